The molecule has 1 atom stereocenters. The molecule has 0 radical (unpaired) electrons. The third-order valence-corrected chi connectivity index (χ3v) is 5.17. The van der Waals surface area contributed by atoms with Gasteiger partial charge in [0.25, 0.3) is 0 Å². The Morgan fingerprint density at radius 2 is 1.93 bits per heavy atom. The van der Waals surface area contributed by atoms with Crippen LogP contribution < -0.4 is 5.32 Å². The summed E-state index contributed by atoms with van der Waals surface area (Å²) in [5, 5.41) is 3.71. The van der Waals surface area contributed by atoms with Gasteiger partial charge in [0, 0.05) is 23.8 Å². The second kappa shape index (κ2) is 9.02. The highest BCUT2D eigenvalue weighted by Gasteiger charge is 2.26. The van der Waals surface area contributed by atoms with Crippen LogP contribution in [-0.4, -0.2) is 37.0 Å². The Kier molecular flexibility index (Phi) is 6.48. The molecule has 1 aliphatic rings. The van der Waals surface area contributed by atoms with Crippen molar-refractivity contribution in [3.05, 3.63) is 64.7 Å². The lowest BCUT2D eigenvalue weighted by Crippen LogP contribution is -2.40. The van der Waals surface area contributed by atoms with E-state index >= 15 is 0 Å². The van der Waals surface area contributed by atoms with E-state index in [9.17, 15) is 9.59 Å². The third-order valence-electron chi connectivity index (χ3n) is 4.80. The van der Waals surface area contributed by atoms with E-state index in [0.29, 0.717) is 17.8 Å². The fourth-order valence-corrected chi connectivity index (χ4v) is 3.53. The Hall–Kier alpha value is -2.37. The number of ether oxygens (including phenoxy) is 1. The fraction of sp³-hybridized carbons (Fsp3) is 0.333. The van der Waals surface area contributed by atoms with Crippen LogP contribution in [0.1, 0.15) is 28.8 Å². The Bertz CT molecular complexity index is 807. The van der Waals surface area contributed by atoms with Crippen LogP contribution in [0.3, 0.4) is 0 Å². The number of hydrogen-bond donors (Lipinski definition) is 1. The number of nitrogens with zero attached hydrogens (tertiary/aromatic N) is 1. The van der Waals surface area contributed by atoms with Gasteiger partial charge in [-0.15, -0.1) is 0 Å². The molecule has 6 heteroatoms. The van der Waals surface area contributed by atoms with Crippen LogP contribution in [0, 0.1) is 5.92 Å². The third kappa shape index (κ3) is 5.08. The molecular formula is C21H23ClN2O3. The summed E-state index contributed by atoms with van der Waals surface area (Å²) < 4.78 is 4.68. The van der Waals surface area contributed by atoms with E-state index in [1.165, 1.54) is 7.11 Å². The summed E-state index contributed by atoms with van der Waals surface area (Å²) in [6.45, 7) is 2.41. The summed E-state index contributed by atoms with van der Waals surface area (Å²) in [6, 6.07) is 14.5. The molecule has 1 heterocycles. The van der Waals surface area contributed by atoms with Gasteiger partial charge in [0.2, 0.25) is 5.91 Å². The number of methoxy groups -OCH3 is 1. The van der Waals surface area contributed by atoms with Gasteiger partial charge in [-0.3, -0.25) is 9.69 Å². The van der Waals surface area contributed by atoms with Crippen molar-refractivity contribution < 1.29 is 14.3 Å². The van der Waals surface area contributed by atoms with Gasteiger partial charge in [-0.2, -0.15) is 0 Å². The molecule has 142 valence electrons. The number of hydrogen-bond acceptors (Lipinski definition) is 4. The van der Waals surface area contributed by atoms with Crippen molar-refractivity contribution in [1.82, 2.24) is 4.90 Å². The average Bonchev–Trinajstić information content (AvgIpc) is 2.70. The minimum atomic E-state index is -0.393. The molecular weight excluding hydrogens is 364 g/mol. The second-order valence-corrected chi connectivity index (χ2v) is 7.13. The summed E-state index contributed by atoms with van der Waals surface area (Å²) in [5.41, 5.74) is 2.22. The van der Waals surface area contributed by atoms with Crippen molar-refractivity contribution in [3.8, 4) is 0 Å². The molecule has 0 unspecified atom stereocenters. The maximum Gasteiger partial charge on any atom is 0.337 e. The number of amides is 1. The van der Waals surface area contributed by atoms with Crippen LogP contribution in [0.2, 0.25) is 5.02 Å². The van der Waals surface area contributed by atoms with Crippen molar-refractivity contribution >= 4 is 29.2 Å². The monoisotopic (exact) mass is 386 g/mol. The van der Waals surface area contributed by atoms with Crippen LogP contribution in [0.15, 0.2) is 48.5 Å². The summed E-state index contributed by atoms with van der Waals surface area (Å²) in [4.78, 5) is 26.4. The lowest BCUT2D eigenvalue weighted by Gasteiger charge is -2.32. The smallest absolute Gasteiger partial charge is 0.337 e. The van der Waals surface area contributed by atoms with Crippen LogP contribution in [0.5, 0.6) is 0 Å². The van der Waals surface area contributed by atoms with Crippen molar-refractivity contribution in [2.45, 2.75) is 19.4 Å². The average molecular weight is 387 g/mol. The van der Waals surface area contributed by atoms with Gasteiger partial charge in [-0.25, -0.2) is 4.79 Å². The fourth-order valence-electron chi connectivity index (χ4n) is 3.33. The second-order valence-electron chi connectivity index (χ2n) is 6.72. The molecule has 0 aromatic heterocycles. The lowest BCUT2D eigenvalue weighted by atomic mass is 9.96. The van der Waals surface area contributed by atoms with E-state index in [2.05, 4.69) is 15.0 Å². The van der Waals surface area contributed by atoms with Crippen LogP contribution in [-0.2, 0) is 16.1 Å². The number of rotatable bonds is 5. The zero-order valence-corrected chi connectivity index (χ0v) is 16.0. The lowest BCUT2D eigenvalue weighted by molar-refractivity contribution is -0.121. The van der Waals surface area contributed by atoms with Gasteiger partial charge in [0.1, 0.15) is 0 Å². The van der Waals surface area contributed by atoms with Gasteiger partial charge >= 0.3 is 5.97 Å². The number of carbonyl (C=O) groups is 2. The van der Waals surface area contributed by atoms with Crippen LogP contribution in [0.4, 0.5) is 5.69 Å². The highest BCUT2D eigenvalue weighted by molar-refractivity contribution is 6.31. The summed E-state index contributed by atoms with van der Waals surface area (Å²) in [5.74, 6) is -0.457. The number of nitrogens with one attached hydrogen (secondary N) is 1. The molecule has 27 heavy (non-hydrogen) atoms. The minimum Gasteiger partial charge on any atom is -0.465 e. The molecule has 1 saturated heterocycles. The van der Waals surface area contributed by atoms with Gasteiger partial charge < -0.3 is 10.1 Å². The number of benzene rings is 2. The van der Waals surface area contributed by atoms with Crippen molar-refractivity contribution in [2.75, 3.05) is 25.5 Å². The first-order valence-electron chi connectivity index (χ1n) is 9.02. The van der Waals surface area contributed by atoms with Gasteiger partial charge in [-0.05, 0) is 55.3 Å². The predicted molar refractivity (Wildman–Crippen MR) is 106 cm³/mol. The molecule has 1 N–H and O–H groups in total. The van der Waals surface area contributed by atoms with E-state index in [-0.39, 0.29) is 11.8 Å². The molecule has 1 aliphatic heterocycles. The minimum absolute atomic E-state index is 0.00433. The number of anilines is 1. The number of piperidine rings is 1. The van der Waals surface area contributed by atoms with Crippen molar-refractivity contribution in [3.63, 3.8) is 0 Å². The highest BCUT2D eigenvalue weighted by atomic mass is 35.5. The molecule has 2 aromatic rings. The molecule has 1 fully saturated rings. The number of halogens is 1. The largest absolute Gasteiger partial charge is 0.465 e. The van der Waals surface area contributed by atoms with Gasteiger partial charge in [0.05, 0.1) is 18.6 Å². The molecule has 0 spiro atoms. The molecule has 2 aromatic carbocycles. The normalized spacial score (nSPS) is 17.3. The first kappa shape index (κ1) is 19.4. The Morgan fingerprint density at radius 3 is 2.63 bits per heavy atom. The summed E-state index contributed by atoms with van der Waals surface area (Å²) >= 11 is 6.26. The van der Waals surface area contributed by atoms with E-state index in [0.717, 1.165) is 36.5 Å². The highest BCUT2D eigenvalue weighted by Crippen LogP contribution is 2.23. The first-order valence-corrected chi connectivity index (χ1v) is 9.39. The van der Waals surface area contributed by atoms with E-state index < -0.39 is 5.97 Å². The molecule has 5 nitrogen and oxygen atoms in total. The number of likely N-dealkylation sites (tertiary alicyclic amines) is 1. The van der Waals surface area contributed by atoms with E-state index in [1.54, 1.807) is 24.3 Å². The molecule has 0 saturated carbocycles. The summed E-state index contributed by atoms with van der Waals surface area (Å²) in [6.07, 6.45) is 1.84. The van der Waals surface area contributed by atoms with E-state index in [1.807, 2.05) is 24.3 Å². The van der Waals surface area contributed by atoms with Gasteiger partial charge in [0.15, 0.2) is 0 Å². The first-order chi connectivity index (χ1) is 13.1. The molecule has 0 bridgehead atoms. The maximum atomic E-state index is 12.7. The number of carbonyl (C=O) groups excluding carboxylic acids is 2. The Labute approximate surface area is 164 Å². The predicted octanol–water partition coefficient (Wildman–Crippen LogP) is 3.98. The molecule has 3 rings (SSSR count). The molecule has 1 amide bonds. The quantitative estimate of drug-likeness (QED) is 0.790. The van der Waals surface area contributed by atoms with E-state index in [4.69, 9.17) is 11.6 Å². The Morgan fingerprint density at radius 1 is 1.19 bits per heavy atom. The van der Waals surface area contributed by atoms with Crippen molar-refractivity contribution in [1.29, 1.82) is 0 Å². The van der Waals surface area contributed by atoms with Crippen molar-refractivity contribution in [2.24, 2.45) is 5.92 Å². The standard InChI is InChI=1S/C21H23ClN2O3/c1-27-21(26)15-8-10-18(11-9-15)23-20(25)17-6-4-12-24(14-17)13-16-5-2-3-7-19(16)22/h2-3,5,7-11,17H,4,6,12-14H2,1H3,(H,23,25)/t17-/m0/s1. The SMILES string of the molecule is COC(=O)c1ccc(NC(=O)[C@H]2CCCN(Cc3ccccc3Cl)C2)cc1. The number of esters is 1. The zero-order valence-electron chi connectivity index (χ0n) is 15.3. The van der Waals surface area contributed by atoms with Gasteiger partial charge in [-0.1, -0.05) is 29.8 Å². The topological polar surface area (TPSA) is 58.6 Å². The maximum absolute atomic E-state index is 12.7. The Balaban J connectivity index is 1.58. The van der Waals surface area contributed by atoms with Crippen LogP contribution in [0.25, 0.3) is 0 Å². The van der Waals surface area contributed by atoms with Crippen LogP contribution >= 0.6 is 11.6 Å². The zero-order chi connectivity index (χ0) is 19.2. The molecule has 0 aliphatic carbocycles. The summed E-state index contributed by atoms with van der Waals surface area (Å²) in [7, 11) is 1.34.